The average Bonchev–Trinajstić information content (AvgIpc) is 3.23. The van der Waals surface area contributed by atoms with E-state index in [9.17, 15) is 0 Å². The van der Waals surface area contributed by atoms with Gasteiger partial charge in [-0.1, -0.05) is 64.1 Å². The zero-order valence-corrected chi connectivity index (χ0v) is 19.1. The molecule has 4 nitrogen and oxygen atoms in total. The second-order valence-corrected chi connectivity index (χ2v) is 9.34. The molecule has 0 saturated carbocycles. The minimum absolute atomic E-state index is 0.483. The lowest BCUT2D eigenvalue weighted by molar-refractivity contribution is 0.122. The summed E-state index contributed by atoms with van der Waals surface area (Å²) in [6.07, 6.45) is 6.86. The van der Waals surface area contributed by atoms with Crippen LogP contribution in [-0.2, 0) is 4.74 Å². The minimum Gasteiger partial charge on any atom is -0.378 e. The predicted molar refractivity (Wildman–Crippen MR) is 131 cm³/mol. The summed E-state index contributed by atoms with van der Waals surface area (Å²) in [5, 5.41) is 0. The lowest BCUT2D eigenvalue weighted by Crippen LogP contribution is -2.38. The lowest BCUT2D eigenvalue weighted by Gasteiger charge is -2.36. The second-order valence-electron chi connectivity index (χ2n) is 9.34. The number of rotatable bonds is 4. The van der Waals surface area contributed by atoms with Crippen molar-refractivity contribution in [1.82, 2.24) is 0 Å². The number of para-hydroxylation sites is 2. The molecule has 0 atom stereocenters. The summed E-state index contributed by atoms with van der Waals surface area (Å²) in [5.74, 6) is 0.966. The highest BCUT2D eigenvalue weighted by molar-refractivity contribution is 5.88. The number of hydrogen-bond donors (Lipinski definition) is 0. The van der Waals surface area contributed by atoms with Gasteiger partial charge < -0.3 is 19.4 Å². The summed E-state index contributed by atoms with van der Waals surface area (Å²) in [5.41, 5.74) is 9.44. The molecule has 0 unspecified atom stereocenters. The van der Waals surface area contributed by atoms with Gasteiger partial charge in [-0.25, -0.2) is 0 Å². The van der Waals surface area contributed by atoms with Crippen molar-refractivity contribution in [2.45, 2.75) is 39.5 Å². The maximum absolute atomic E-state index is 5.61. The first kappa shape index (κ1) is 20.2. The predicted octanol–water partition coefficient (Wildman–Crippen LogP) is 5.92. The Morgan fingerprint density at radius 2 is 1.48 bits per heavy atom. The van der Waals surface area contributed by atoms with Gasteiger partial charge in [-0.2, -0.15) is 0 Å². The normalized spacial score (nSPS) is 18.0. The van der Waals surface area contributed by atoms with Crippen LogP contribution in [0.15, 0.2) is 54.4 Å². The van der Waals surface area contributed by atoms with Gasteiger partial charge in [0.15, 0.2) is 0 Å². The molecule has 5 rings (SSSR count). The molecule has 31 heavy (non-hydrogen) atoms. The Labute approximate surface area is 186 Å². The van der Waals surface area contributed by atoms with E-state index in [1.165, 1.54) is 39.4 Å². The van der Waals surface area contributed by atoms with Crippen LogP contribution in [0.2, 0.25) is 0 Å². The quantitative estimate of drug-likeness (QED) is 0.617. The summed E-state index contributed by atoms with van der Waals surface area (Å²) < 4.78 is 5.61. The molecule has 0 N–H and O–H groups in total. The Bertz CT molecular complexity index is 1000. The maximum Gasteiger partial charge on any atom is 0.0996 e. The van der Waals surface area contributed by atoms with Crippen molar-refractivity contribution in [3.63, 3.8) is 0 Å². The van der Waals surface area contributed by atoms with E-state index >= 15 is 0 Å². The highest BCUT2D eigenvalue weighted by Crippen LogP contribution is 2.44. The van der Waals surface area contributed by atoms with Crippen LogP contribution < -0.4 is 14.7 Å². The summed E-state index contributed by atoms with van der Waals surface area (Å²) >= 11 is 0. The molecule has 0 aromatic heterocycles. The fourth-order valence-corrected chi connectivity index (χ4v) is 5.03. The molecule has 0 aliphatic carbocycles. The molecule has 2 aromatic rings. The van der Waals surface area contributed by atoms with Crippen molar-refractivity contribution in [2.24, 2.45) is 0 Å². The third-order valence-corrected chi connectivity index (χ3v) is 6.62. The Kier molecular flexibility index (Phi) is 5.27. The maximum atomic E-state index is 5.61. The zero-order chi connectivity index (χ0) is 21.5. The number of fused-ring (bicyclic) bond motifs is 3. The van der Waals surface area contributed by atoms with Crippen molar-refractivity contribution >= 4 is 23.1 Å². The van der Waals surface area contributed by atoms with Gasteiger partial charge in [0.05, 0.1) is 37.0 Å². The monoisotopic (exact) mass is 415 g/mol. The van der Waals surface area contributed by atoms with Gasteiger partial charge in [-0.15, -0.1) is 0 Å². The van der Waals surface area contributed by atoms with E-state index in [1.54, 1.807) is 0 Å². The van der Waals surface area contributed by atoms with Gasteiger partial charge >= 0.3 is 0 Å². The van der Waals surface area contributed by atoms with E-state index in [-0.39, 0.29) is 0 Å². The Hall–Kier alpha value is -2.72. The van der Waals surface area contributed by atoms with Crippen molar-refractivity contribution in [2.75, 3.05) is 47.7 Å². The van der Waals surface area contributed by atoms with Gasteiger partial charge in [-0.3, -0.25) is 0 Å². The molecule has 3 heterocycles. The summed E-state index contributed by atoms with van der Waals surface area (Å²) in [6.45, 7) is 13.5. The molecular weight excluding hydrogens is 382 g/mol. The SMILES string of the molecule is CC(C)c1cccc(C(C)C)c1N1C=C2C=Cc3cccc(N4CCOCC4)c3N2C1. The van der Waals surface area contributed by atoms with Gasteiger partial charge in [0.2, 0.25) is 0 Å². The van der Waals surface area contributed by atoms with Gasteiger partial charge in [0.1, 0.15) is 0 Å². The second kappa shape index (κ2) is 8.08. The molecule has 1 fully saturated rings. The molecular formula is C27H33N3O. The first-order valence-electron chi connectivity index (χ1n) is 11.6. The third-order valence-electron chi connectivity index (χ3n) is 6.62. The fourth-order valence-electron chi connectivity index (χ4n) is 5.03. The molecule has 0 radical (unpaired) electrons. The van der Waals surface area contributed by atoms with Crippen LogP contribution in [0.3, 0.4) is 0 Å². The highest BCUT2D eigenvalue weighted by atomic mass is 16.5. The van der Waals surface area contributed by atoms with E-state index in [1.807, 2.05) is 0 Å². The van der Waals surface area contributed by atoms with Crippen molar-refractivity contribution in [3.8, 4) is 0 Å². The first-order valence-corrected chi connectivity index (χ1v) is 11.6. The number of ether oxygens (including phenoxy) is 1. The number of benzene rings is 2. The smallest absolute Gasteiger partial charge is 0.0996 e. The highest BCUT2D eigenvalue weighted by Gasteiger charge is 2.31. The number of nitrogens with zero attached hydrogens (tertiary/aromatic N) is 3. The summed E-state index contributed by atoms with van der Waals surface area (Å²) in [4.78, 5) is 7.43. The number of morpholine rings is 1. The standard InChI is InChI=1S/C27H33N3O/c1-19(2)23-8-6-9-24(20(3)4)27(23)29-17-22-12-11-21-7-5-10-25(26(21)30(22)18-29)28-13-15-31-16-14-28/h5-12,17,19-20H,13-16,18H2,1-4H3. The molecule has 162 valence electrons. The summed E-state index contributed by atoms with van der Waals surface area (Å²) in [7, 11) is 0. The Morgan fingerprint density at radius 3 is 2.16 bits per heavy atom. The van der Waals surface area contributed by atoms with E-state index in [0.29, 0.717) is 11.8 Å². The Balaban J connectivity index is 1.56. The van der Waals surface area contributed by atoms with Crippen molar-refractivity contribution in [1.29, 1.82) is 0 Å². The van der Waals surface area contributed by atoms with Crippen molar-refractivity contribution in [3.05, 3.63) is 71.1 Å². The largest absolute Gasteiger partial charge is 0.378 e. The molecule has 4 heteroatoms. The van der Waals surface area contributed by atoms with Crippen LogP contribution in [0.25, 0.3) is 6.08 Å². The molecule has 0 amide bonds. The molecule has 3 aliphatic rings. The van der Waals surface area contributed by atoms with Crippen LogP contribution in [0.5, 0.6) is 0 Å². The van der Waals surface area contributed by atoms with Gasteiger partial charge in [0, 0.05) is 30.5 Å². The van der Waals surface area contributed by atoms with Crippen LogP contribution in [0, 0.1) is 0 Å². The number of hydrogen-bond acceptors (Lipinski definition) is 4. The molecule has 0 spiro atoms. The number of anilines is 3. The minimum atomic E-state index is 0.483. The zero-order valence-electron chi connectivity index (χ0n) is 19.1. The van der Waals surface area contributed by atoms with Gasteiger partial charge in [0.25, 0.3) is 0 Å². The topological polar surface area (TPSA) is 19.0 Å². The summed E-state index contributed by atoms with van der Waals surface area (Å²) in [6, 6.07) is 13.5. The molecule has 1 saturated heterocycles. The van der Waals surface area contributed by atoms with E-state index in [2.05, 4.69) is 97.1 Å². The van der Waals surface area contributed by atoms with Crippen LogP contribution >= 0.6 is 0 Å². The van der Waals surface area contributed by atoms with Crippen LogP contribution in [0.4, 0.5) is 17.1 Å². The van der Waals surface area contributed by atoms with E-state index < -0.39 is 0 Å². The molecule has 3 aliphatic heterocycles. The molecule has 0 bridgehead atoms. The fraction of sp³-hybridized carbons (Fsp3) is 0.407. The lowest BCUT2D eigenvalue weighted by atomic mass is 9.92. The van der Waals surface area contributed by atoms with Crippen LogP contribution in [-0.4, -0.2) is 33.0 Å². The van der Waals surface area contributed by atoms with Crippen LogP contribution in [0.1, 0.15) is 56.2 Å². The van der Waals surface area contributed by atoms with Crippen molar-refractivity contribution < 1.29 is 4.74 Å². The first-order chi connectivity index (χ1) is 15.0. The van der Waals surface area contributed by atoms with E-state index in [4.69, 9.17) is 4.74 Å². The van der Waals surface area contributed by atoms with E-state index in [0.717, 1.165) is 33.0 Å². The number of allylic oxidation sites excluding steroid dienone is 1. The van der Waals surface area contributed by atoms with Gasteiger partial charge in [-0.05, 0) is 35.1 Å². The third kappa shape index (κ3) is 3.53. The molecule has 2 aromatic carbocycles. The average molecular weight is 416 g/mol. The Morgan fingerprint density at radius 1 is 0.806 bits per heavy atom.